The lowest BCUT2D eigenvalue weighted by Crippen LogP contribution is -2.37. The molecule has 1 unspecified atom stereocenters. The monoisotopic (exact) mass is 871 g/mol. The zero-order valence-electron chi connectivity index (χ0n) is 38.2. The maximum Gasteiger partial charge on any atom is 0.472 e. The molecule has 0 radical (unpaired) electrons. The molecule has 10 nitrogen and oxygen atoms in total. The Hall–Kier alpha value is -3.63. The summed E-state index contributed by atoms with van der Waals surface area (Å²) in [6, 6.07) is 0. The fourth-order valence-electron chi connectivity index (χ4n) is 5.03. The maximum absolute atomic E-state index is 12.7. The SMILES string of the molecule is CC/C=C\C/C=C\C/C=C\C/C=C\C/C=C\CCCCCC(=O)OC[C@H](COP(=O)(O)OCC[N+](C)(C)C)OC(=O)CCC/C=C\C/C=C\C/C=C\C/C=C\C=C\[C@H](O)CC. The Morgan fingerprint density at radius 1 is 0.590 bits per heavy atom. The molecule has 0 bridgehead atoms. The molecule has 344 valence electrons. The quantitative estimate of drug-likeness (QED) is 0.0156. The van der Waals surface area contributed by atoms with Gasteiger partial charge in [0.2, 0.25) is 0 Å². The largest absolute Gasteiger partial charge is 0.472 e. The van der Waals surface area contributed by atoms with Gasteiger partial charge in [0.25, 0.3) is 0 Å². The molecule has 0 aromatic carbocycles. The van der Waals surface area contributed by atoms with Gasteiger partial charge in [-0.3, -0.25) is 18.6 Å². The van der Waals surface area contributed by atoms with Gasteiger partial charge in [-0.25, -0.2) is 4.57 Å². The first-order chi connectivity index (χ1) is 29.4. The number of carbonyl (C=O) groups is 2. The molecule has 61 heavy (non-hydrogen) atoms. The summed E-state index contributed by atoms with van der Waals surface area (Å²) in [4.78, 5) is 35.4. The number of carbonyl (C=O) groups excluding carboxylic acids is 2. The summed E-state index contributed by atoms with van der Waals surface area (Å²) in [7, 11) is 1.37. The van der Waals surface area contributed by atoms with Gasteiger partial charge in [-0.1, -0.05) is 142 Å². The zero-order chi connectivity index (χ0) is 45.1. The molecule has 0 spiro atoms. The number of likely N-dealkylation sites (N-methyl/N-ethyl adjacent to an activating group) is 1. The van der Waals surface area contributed by atoms with Crippen molar-refractivity contribution >= 4 is 19.8 Å². The number of phosphoric acid groups is 1. The van der Waals surface area contributed by atoms with E-state index in [2.05, 4.69) is 92.0 Å². The van der Waals surface area contributed by atoms with Gasteiger partial charge < -0.3 is 24.0 Å². The highest BCUT2D eigenvalue weighted by atomic mass is 31.2. The number of rotatable bonds is 38. The van der Waals surface area contributed by atoms with Crippen molar-refractivity contribution in [2.45, 2.75) is 135 Å². The third-order valence-electron chi connectivity index (χ3n) is 8.64. The molecule has 0 heterocycles. The first-order valence-electron chi connectivity index (χ1n) is 22.4. The number of nitrogens with zero attached hydrogens (tertiary/aromatic N) is 1. The highest BCUT2D eigenvalue weighted by Crippen LogP contribution is 2.43. The van der Waals surface area contributed by atoms with E-state index in [1.165, 1.54) is 0 Å². The second kappa shape index (κ2) is 40.4. The van der Waals surface area contributed by atoms with E-state index in [-0.39, 0.29) is 32.2 Å². The van der Waals surface area contributed by atoms with Crippen LogP contribution in [0.25, 0.3) is 0 Å². The first-order valence-corrected chi connectivity index (χ1v) is 23.9. The molecule has 3 atom stereocenters. The van der Waals surface area contributed by atoms with Crippen molar-refractivity contribution in [3.63, 3.8) is 0 Å². The molecule has 0 aromatic rings. The molecule has 0 aliphatic carbocycles. The number of aliphatic hydroxyl groups is 1. The Labute approximate surface area is 370 Å². The minimum absolute atomic E-state index is 0.00100. The van der Waals surface area contributed by atoms with Crippen molar-refractivity contribution in [2.24, 2.45) is 0 Å². The summed E-state index contributed by atoms with van der Waals surface area (Å²) >= 11 is 0. The number of ether oxygens (including phenoxy) is 2. The number of quaternary nitrogens is 1. The van der Waals surface area contributed by atoms with Crippen LogP contribution in [0.4, 0.5) is 0 Å². The van der Waals surface area contributed by atoms with Gasteiger partial charge >= 0.3 is 19.8 Å². The van der Waals surface area contributed by atoms with E-state index in [0.717, 1.165) is 70.6 Å². The van der Waals surface area contributed by atoms with Crippen molar-refractivity contribution in [3.05, 3.63) is 122 Å². The minimum atomic E-state index is -4.42. The van der Waals surface area contributed by atoms with Gasteiger partial charge in [0, 0.05) is 12.8 Å². The molecule has 0 saturated carbocycles. The molecule has 11 heteroatoms. The van der Waals surface area contributed by atoms with Gasteiger partial charge in [-0.2, -0.15) is 0 Å². The van der Waals surface area contributed by atoms with Gasteiger partial charge in [0.15, 0.2) is 6.10 Å². The number of allylic oxidation sites excluding steroid dienone is 19. The summed E-state index contributed by atoms with van der Waals surface area (Å²) in [5, 5.41) is 9.49. The smallest absolute Gasteiger partial charge is 0.462 e. The predicted molar refractivity (Wildman–Crippen MR) is 253 cm³/mol. The molecule has 0 aliphatic rings. The molecule has 2 N–H and O–H groups in total. The fourth-order valence-corrected chi connectivity index (χ4v) is 5.77. The average molecular weight is 871 g/mol. The van der Waals surface area contributed by atoms with Crippen molar-refractivity contribution in [1.82, 2.24) is 0 Å². The van der Waals surface area contributed by atoms with E-state index in [9.17, 15) is 24.2 Å². The number of phosphoric ester groups is 1. The molecular formula is C50H81NO9P+. The Kier molecular flexibility index (Phi) is 38.0. The molecule has 0 aliphatic heterocycles. The minimum Gasteiger partial charge on any atom is -0.462 e. The number of unbranched alkanes of at least 4 members (excludes halogenated alkanes) is 4. The van der Waals surface area contributed by atoms with E-state index in [1.807, 2.05) is 58.4 Å². The van der Waals surface area contributed by atoms with E-state index < -0.39 is 32.5 Å². The van der Waals surface area contributed by atoms with Crippen LogP contribution in [0.2, 0.25) is 0 Å². The summed E-state index contributed by atoms with van der Waals surface area (Å²) in [5.41, 5.74) is 0. The fraction of sp³-hybridized carbons (Fsp3) is 0.560. The number of aliphatic hydroxyl groups excluding tert-OH is 1. The third-order valence-corrected chi connectivity index (χ3v) is 9.63. The molecule has 0 aromatic heterocycles. The van der Waals surface area contributed by atoms with Crippen LogP contribution in [-0.4, -0.2) is 86.1 Å². The van der Waals surface area contributed by atoms with E-state index in [4.69, 9.17) is 18.5 Å². The van der Waals surface area contributed by atoms with Crippen molar-refractivity contribution in [2.75, 3.05) is 47.5 Å². The number of hydrogen-bond acceptors (Lipinski definition) is 8. The average Bonchev–Trinajstić information content (AvgIpc) is 3.21. The molecular weight excluding hydrogens is 790 g/mol. The van der Waals surface area contributed by atoms with Crippen molar-refractivity contribution in [3.8, 4) is 0 Å². The Balaban J connectivity index is 4.55. The normalized spacial score (nSPS) is 15.2. The van der Waals surface area contributed by atoms with E-state index >= 15 is 0 Å². The Bertz CT molecular complexity index is 1460. The Morgan fingerprint density at radius 2 is 1.08 bits per heavy atom. The van der Waals surface area contributed by atoms with Gasteiger partial charge in [-0.15, -0.1) is 0 Å². The van der Waals surface area contributed by atoms with Crippen molar-refractivity contribution in [1.29, 1.82) is 0 Å². The summed E-state index contributed by atoms with van der Waals surface area (Å²) in [6.45, 7) is 3.82. The molecule has 0 saturated heterocycles. The lowest BCUT2D eigenvalue weighted by atomic mass is 10.1. The number of esters is 2. The van der Waals surface area contributed by atoms with Gasteiger partial charge in [-0.05, 0) is 89.9 Å². The van der Waals surface area contributed by atoms with Gasteiger partial charge in [0.1, 0.15) is 19.8 Å². The highest BCUT2D eigenvalue weighted by Gasteiger charge is 2.27. The Morgan fingerprint density at radius 3 is 1.61 bits per heavy atom. The molecule has 0 rings (SSSR count). The van der Waals surface area contributed by atoms with Crippen LogP contribution in [0.15, 0.2) is 122 Å². The summed E-state index contributed by atoms with van der Waals surface area (Å²) in [6.07, 6.45) is 53.5. The standard InChI is InChI=1S/C50H80NO9P/c1-6-8-9-10-11-12-13-14-15-16-17-18-19-23-26-29-32-35-38-41-49(53)57-45-48(46-59-61(55,56)58-44-43-51(3,4)5)60-50(54)42-39-36-33-30-27-24-21-20-22-25-28-31-34-37-40-47(52)7-2/h8-9,11-12,14-15,17-18,21-26,30-31,33-34,37,40,47-48,52H,6-7,10,13,16,19-20,27-29,32,35-36,38-39,41-46H2,1-5H3/p+1/b9-8-,12-11-,15-14-,18-17-,24-21-,25-22-,26-23-,33-30-,34-31-,40-37+/t47-,48-/m1/s1. The molecule has 0 fully saturated rings. The second-order valence-electron chi connectivity index (χ2n) is 15.5. The first kappa shape index (κ1) is 57.4. The number of hydrogen-bond donors (Lipinski definition) is 2. The lowest BCUT2D eigenvalue weighted by molar-refractivity contribution is -0.870. The van der Waals surface area contributed by atoms with Crippen LogP contribution in [0.5, 0.6) is 0 Å². The van der Waals surface area contributed by atoms with Crippen LogP contribution in [0, 0.1) is 0 Å². The van der Waals surface area contributed by atoms with E-state index in [1.54, 1.807) is 6.08 Å². The topological polar surface area (TPSA) is 129 Å². The predicted octanol–water partition coefficient (Wildman–Crippen LogP) is 11.9. The maximum atomic E-state index is 12.7. The van der Waals surface area contributed by atoms with Gasteiger partial charge in [0.05, 0.1) is 33.9 Å². The van der Waals surface area contributed by atoms with Crippen LogP contribution in [-0.2, 0) is 32.7 Å². The van der Waals surface area contributed by atoms with Crippen LogP contribution in [0.1, 0.15) is 123 Å². The summed E-state index contributed by atoms with van der Waals surface area (Å²) in [5.74, 6) is -0.939. The lowest BCUT2D eigenvalue weighted by Gasteiger charge is -2.24. The van der Waals surface area contributed by atoms with Crippen LogP contribution >= 0.6 is 7.82 Å². The van der Waals surface area contributed by atoms with E-state index in [0.29, 0.717) is 36.7 Å². The van der Waals surface area contributed by atoms with Crippen molar-refractivity contribution < 1.29 is 47.2 Å². The van der Waals surface area contributed by atoms with Crippen LogP contribution < -0.4 is 0 Å². The zero-order valence-corrected chi connectivity index (χ0v) is 39.1. The highest BCUT2D eigenvalue weighted by molar-refractivity contribution is 7.47. The second-order valence-corrected chi connectivity index (χ2v) is 17.0. The summed E-state index contributed by atoms with van der Waals surface area (Å²) < 4.78 is 34.2. The third kappa shape index (κ3) is 44.2. The molecule has 0 amide bonds. The van der Waals surface area contributed by atoms with Crippen LogP contribution in [0.3, 0.4) is 0 Å².